The summed E-state index contributed by atoms with van der Waals surface area (Å²) >= 11 is 0. The fourth-order valence-electron chi connectivity index (χ4n) is 4.28. The molecular weight excluding hydrogens is 478 g/mol. The van der Waals surface area contributed by atoms with Gasteiger partial charge >= 0.3 is 0 Å². The number of aliphatic hydroxyl groups excluding tert-OH is 3. The van der Waals surface area contributed by atoms with E-state index in [0.29, 0.717) is 36.4 Å². The number of hydrogen-bond donors (Lipinski definition) is 5. The van der Waals surface area contributed by atoms with Gasteiger partial charge in [-0.05, 0) is 71.5 Å². The van der Waals surface area contributed by atoms with Crippen molar-refractivity contribution in [3.63, 3.8) is 0 Å². The minimum absolute atomic E-state index is 0.0200. The average molecular weight is 514 g/mol. The van der Waals surface area contributed by atoms with Crippen molar-refractivity contribution < 1.29 is 25.2 Å². The quantitative estimate of drug-likeness (QED) is 0.229. The van der Waals surface area contributed by atoms with Gasteiger partial charge in [0.1, 0.15) is 24.2 Å². The Kier molecular flexibility index (Phi) is 9.90. The highest BCUT2D eigenvalue weighted by Crippen LogP contribution is 2.23. The first kappa shape index (κ1) is 27.4. The molecule has 198 valence electrons. The van der Waals surface area contributed by atoms with Crippen LogP contribution in [0.3, 0.4) is 0 Å². The lowest BCUT2D eigenvalue weighted by molar-refractivity contribution is 0.134. The number of aromatic hydroxyl groups is 1. The third kappa shape index (κ3) is 7.66. The molecule has 1 aliphatic rings. The molecule has 0 spiro atoms. The zero-order valence-electron chi connectivity index (χ0n) is 21.3. The van der Waals surface area contributed by atoms with Gasteiger partial charge < -0.3 is 30.5 Å². The molecule has 3 aromatic rings. The fraction of sp³-hybridized carbons (Fsp3) is 0.250. The molecule has 38 heavy (non-hydrogen) atoms. The Hall–Kier alpha value is -3.68. The molecule has 0 amide bonds. The molecule has 0 saturated carbocycles. The van der Waals surface area contributed by atoms with Gasteiger partial charge in [0.2, 0.25) is 0 Å². The predicted octanol–water partition coefficient (Wildman–Crippen LogP) is 4.46. The van der Waals surface area contributed by atoms with Crippen molar-refractivity contribution in [3.05, 3.63) is 125 Å². The van der Waals surface area contributed by atoms with Crippen LogP contribution in [0, 0.1) is 0 Å². The first-order valence-electron chi connectivity index (χ1n) is 12.9. The van der Waals surface area contributed by atoms with E-state index >= 15 is 0 Å². The number of aliphatic hydroxyl groups is 3. The van der Waals surface area contributed by atoms with Crippen LogP contribution in [0.2, 0.25) is 0 Å². The maximum atomic E-state index is 10.7. The third-order valence-electron chi connectivity index (χ3n) is 6.58. The van der Waals surface area contributed by atoms with E-state index in [4.69, 9.17) is 4.74 Å². The van der Waals surface area contributed by atoms with Crippen LogP contribution in [0.4, 0.5) is 0 Å². The van der Waals surface area contributed by atoms with Gasteiger partial charge in [0.05, 0.1) is 12.7 Å². The molecule has 5 N–H and O–H groups in total. The minimum Gasteiger partial charge on any atom is -0.508 e. The second-order valence-electron chi connectivity index (χ2n) is 9.32. The summed E-state index contributed by atoms with van der Waals surface area (Å²) in [5.41, 5.74) is 5.34. The van der Waals surface area contributed by atoms with E-state index in [2.05, 4.69) is 29.6 Å². The van der Waals surface area contributed by atoms with Gasteiger partial charge in [-0.1, -0.05) is 72.8 Å². The summed E-state index contributed by atoms with van der Waals surface area (Å²) in [6, 6.07) is 22.7. The fourth-order valence-corrected chi connectivity index (χ4v) is 4.28. The summed E-state index contributed by atoms with van der Waals surface area (Å²) in [6.07, 6.45) is 8.20. The van der Waals surface area contributed by atoms with Gasteiger partial charge in [0, 0.05) is 12.1 Å². The van der Waals surface area contributed by atoms with Crippen molar-refractivity contribution in [2.45, 2.75) is 31.7 Å². The van der Waals surface area contributed by atoms with Gasteiger partial charge in [-0.3, -0.25) is 0 Å². The summed E-state index contributed by atoms with van der Waals surface area (Å²) in [7, 11) is 0. The molecular formula is C32H35NO5. The van der Waals surface area contributed by atoms with Crippen LogP contribution in [0.1, 0.15) is 34.8 Å². The normalized spacial score (nSPS) is 14.8. The molecule has 2 unspecified atom stereocenters. The predicted molar refractivity (Wildman–Crippen MR) is 150 cm³/mol. The highest BCUT2D eigenvalue weighted by molar-refractivity contribution is 5.75. The molecule has 0 saturated heterocycles. The third-order valence-corrected chi connectivity index (χ3v) is 6.58. The van der Waals surface area contributed by atoms with Gasteiger partial charge in [-0.15, -0.1) is 0 Å². The van der Waals surface area contributed by atoms with E-state index < -0.39 is 12.2 Å². The van der Waals surface area contributed by atoms with Crippen LogP contribution in [0.5, 0.6) is 11.5 Å². The Balaban J connectivity index is 1.20. The van der Waals surface area contributed by atoms with Crippen molar-refractivity contribution in [3.8, 4) is 11.5 Å². The second-order valence-corrected chi connectivity index (χ2v) is 9.32. The van der Waals surface area contributed by atoms with E-state index in [9.17, 15) is 20.4 Å². The van der Waals surface area contributed by atoms with Crippen molar-refractivity contribution in [2.24, 2.45) is 0 Å². The van der Waals surface area contributed by atoms with Crippen LogP contribution < -0.4 is 10.1 Å². The maximum absolute atomic E-state index is 10.7. The monoisotopic (exact) mass is 513 g/mol. The smallest absolute Gasteiger partial charge is 0.121 e. The molecule has 0 fully saturated rings. The SMILES string of the molecule is OCc1cc(C(O)CNCCc2ccc(OCC(O)C3=CC=C(c4ccccc4)C=CC3)cc2)ccc1O. The van der Waals surface area contributed by atoms with E-state index in [1.54, 1.807) is 12.1 Å². The zero-order valence-corrected chi connectivity index (χ0v) is 21.3. The lowest BCUT2D eigenvalue weighted by Crippen LogP contribution is -2.23. The molecule has 0 aliphatic heterocycles. The Morgan fingerprint density at radius 1 is 0.895 bits per heavy atom. The van der Waals surface area contributed by atoms with E-state index in [1.807, 2.05) is 54.6 Å². The summed E-state index contributed by atoms with van der Waals surface area (Å²) in [5, 5.41) is 43.2. The summed E-state index contributed by atoms with van der Waals surface area (Å²) < 4.78 is 5.84. The number of hydrogen-bond acceptors (Lipinski definition) is 6. The van der Waals surface area contributed by atoms with Crippen molar-refractivity contribution in [2.75, 3.05) is 19.7 Å². The lowest BCUT2D eigenvalue weighted by Gasteiger charge is -2.15. The minimum atomic E-state index is -0.734. The van der Waals surface area contributed by atoms with Gasteiger partial charge in [-0.2, -0.15) is 0 Å². The first-order chi connectivity index (χ1) is 18.5. The largest absolute Gasteiger partial charge is 0.508 e. The Morgan fingerprint density at radius 2 is 1.68 bits per heavy atom. The zero-order chi connectivity index (χ0) is 26.7. The van der Waals surface area contributed by atoms with E-state index in [-0.39, 0.29) is 19.0 Å². The molecule has 0 heterocycles. The summed E-state index contributed by atoms with van der Waals surface area (Å²) in [5.74, 6) is 0.722. The van der Waals surface area contributed by atoms with Crippen molar-refractivity contribution in [1.82, 2.24) is 5.32 Å². The van der Waals surface area contributed by atoms with Gasteiger partial charge in [-0.25, -0.2) is 0 Å². The summed E-state index contributed by atoms with van der Waals surface area (Å²) in [4.78, 5) is 0. The van der Waals surface area contributed by atoms with Crippen LogP contribution in [-0.2, 0) is 13.0 Å². The first-order valence-corrected chi connectivity index (χ1v) is 12.9. The van der Waals surface area contributed by atoms with E-state index in [0.717, 1.165) is 28.7 Å². The lowest BCUT2D eigenvalue weighted by atomic mass is 10.1. The molecule has 3 aromatic carbocycles. The number of phenols is 1. The maximum Gasteiger partial charge on any atom is 0.121 e. The summed E-state index contributed by atoms with van der Waals surface area (Å²) in [6.45, 7) is 0.950. The Morgan fingerprint density at radius 3 is 2.45 bits per heavy atom. The molecule has 2 atom stereocenters. The van der Waals surface area contributed by atoms with Gasteiger partial charge in [0.15, 0.2) is 0 Å². The number of benzene rings is 3. The number of ether oxygens (including phenoxy) is 1. The standard InChI is InChI=1S/C32H35NO5/c34-21-28-19-27(13-16-30(28)35)31(36)20-33-18-17-23-9-14-29(15-10-23)38-22-32(37)26-8-4-7-25(11-12-26)24-5-2-1-3-6-24/h1-7,9-16,19,31-37H,8,17-18,20-22H2. The highest BCUT2D eigenvalue weighted by atomic mass is 16.5. The van der Waals surface area contributed by atoms with E-state index in [1.165, 1.54) is 6.07 Å². The number of nitrogens with one attached hydrogen (secondary N) is 1. The number of rotatable bonds is 12. The highest BCUT2D eigenvalue weighted by Gasteiger charge is 2.13. The van der Waals surface area contributed by atoms with Crippen LogP contribution in [0.15, 0.2) is 103 Å². The molecule has 0 radical (unpaired) electrons. The molecule has 0 bridgehead atoms. The van der Waals surface area contributed by atoms with Crippen LogP contribution in [-0.4, -0.2) is 46.2 Å². The van der Waals surface area contributed by atoms with Gasteiger partial charge in [0.25, 0.3) is 0 Å². The van der Waals surface area contributed by atoms with Crippen LogP contribution >= 0.6 is 0 Å². The number of allylic oxidation sites excluding steroid dienone is 5. The van der Waals surface area contributed by atoms with Crippen LogP contribution in [0.25, 0.3) is 5.57 Å². The van der Waals surface area contributed by atoms with Crippen molar-refractivity contribution in [1.29, 1.82) is 0 Å². The molecule has 1 aliphatic carbocycles. The second kappa shape index (κ2) is 13.7. The Bertz CT molecular complexity index is 1260. The topological polar surface area (TPSA) is 102 Å². The Labute approximate surface area is 223 Å². The molecule has 6 heteroatoms. The van der Waals surface area contributed by atoms with Crippen molar-refractivity contribution >= 4 is 5.57 Å². The molecule has 6 nitrogen and oxygen atoms in total. The molecule has 4 rings (SSSR count). The molecule has 0 aromatic heterocycles. The average Bonchev–Trinajstić information content (AvgIpc) is 3.22.